The quantitative estimate of drug-likeness (QED) is 0.742. The van der Waals surface area contributed by atoms with Crippen molar-refractivity contribution in [2.24, 2.45) is 0 Å². The molecule has 2 aromatic carbocycles. The summed E-state index contributed by atoms with van der Waals surface area (Å²) < 4.78 is 1.46. The first kappa shape index (κ1) is 13.2. The minimum absolute atomic E-state index is 0.0793. The third-order valence-electron chi connectivity index (χ3n) is 4.26. The maximum absolute atomic E-state index is 12.5. The summed E-state index contributed by atoms with van der Waals surface area (Å²) in [6.07, 6.45) is 1.11. The van der Waals surface area contributed by atoms with Gasteiger partial charge in [0.1, 0.15) is 5.52 Å². The number of rotatable bonds is 3. The highest BCUT2D eigenvalue weighted by Gasteiger charge is 2.29. The normalized spacial score (nSPS) is 18.3. The van der Waals surface area contributed by atoms with Crippen LogP contribution in [-0.4, -0.2) is 26.4 Å². The summed E-state index contributed by atoms with van der Waals surface area (Å²) in [5, 5.41) is 8.83. The van der Waals surface area contributed by atoms with Crippen LogP contribution < -0.4 is 5.56 Å². The molecule has 0 unspecified atom stereocenters. The number of nitrogens with zero attached hydrogens (tertiary/aromatic N) is 4. The molecule has 1 aliphatic heterocycles. The summed E-state index contributed by atoms with van der Waals surface area (Å²) in [5.74, 6) is 0. The molecule has 5 heteroatoms. The molecular weight excluding hydrogens is 276 g/mol. The van der Waals surface area contributed by atoms with Crippen molar-refractivity contribution in [2.45, 2.75) is 19.1 Å². The molecule has 1 atom stereocenters. The molecule has 0 bridgehead atoms. The summed E-state index contributed by atoms with van der Waals surface area (Å²) >= 11 is 0. The highest BCUT2D eigenvalue weighted by molar-refractivity contribution is 5.76. The zero-order valence-electron chi connectivity index (χ0n) is 12.1. The Bertz CT molecular complexity index is 859. The van der Waals surface area contributed by atoms with Crippen LogP contribution in [0, 0.1) is 0 Å². The Labute approximate surface area is 127 Å². The van der Waals surface area contributed by atoms with E-state index in [1.807, 2.05) is 36.4 Å². The van der Waals surface area contributed by atoms with Crippen molar-refractivity contribution in [3.63, 3.8) is 0 Å². The highest BCUT2D eigenvalue weighted by atomic mass is 16.1. The van der Waals surface area contributed by atoms with Crippen LogP contribution in [-0.2, 0) is 6.67 Å². The van der Waals surface area contributed by atoms with Gasteiger partial charge in [-0.15, -0.1) is 5.10 Å². The summed E-state index contributed by atoms with van der Waals surface area (Å²) in [4.78, 5) is 14.7. The zero-order valence-corrected chi connectivity index (χ0v) is 12.1. The molecule has 0 saturated carbocycles. The maximum atomic E-state index is 12.5. The van der Waals surface area contributed by atoms with Crippen molar-refractivity contribution in [3.8, 4) is 0 Å². The second-order valence-corrected chi connectivity index (χ2v) is 5.58. The molecule has 5 nitrogen and oxygen atoms in total. The fourth-order valence-electron chi connectivity index (χ4n) is 2.95. The van der Waals surface area contributed by atoms with Gasteiger partial charge in [-0.05, 0) is 24.1 Å². The predicted octanol–water partition coefficient (Wildman–Crippen LogP) is 2.20. The molecule has 0 aliphatic carbocycles. The maximum Gasteiger partial charge on any atom is 0.278 e. The Balaban J connectivity index is 1.62. The van der Waals surface area contributed by atoms with E-state index in [2.05, 4.69) is 27.3 Å². The monoisotopic (exact) mass is 292 g/mol. The summed E-state index contributed by atoms with van der Waals surface area (Å²) in [7, 11) is 0. The Morgan fingerprint density at radius 1 is 1.05 bits per heavy atom. The van der Waals surface area contributed by atoms with E-state index < -0.39 is 0 Å². The van der Waals surface area contributed by atoms with E-state index in [4.69, 9.17) is 0 Å². The zero-order chi connectivity index (χ0) is 14.9. The molecule has 110 valence electrons. The average Bonchev–Trinajstić information content (AvgIpc) is 2.54. The largest absolute Gasteiger partial charge is 0.278 e. The Morgan fingerprint density at radius 3 is 2.59 bits per heavy atom. The first-order valence-corrected chi connectivity index (χ1v) is 7.44. The minimum atomic E-state index is -0.0793. The van der Waals surface area contributed by atoms with E-state index in [1.165, 1.54) is 10.2 Å². The van der Waals surface area contributed by atoms with Gasteiger partial charge in [0.2, 0.25) is 0 Å². The van der Waals surface area contributed by atoms with Crippen LogP contribution in [0.5, 0.6) is 0 Å². The lowest BCUT2D eigenvalue weighted by molar-refractivity contribution is 0.0468. The Kier molecular flexibility index (Phi) is 3.20. The van der Waals surface area contributed by atoms with Crippen LogP contribution in [0.1, 0.15) is 18.0 Å². The average molecular weight is 292 g/mol. The number of hydrogen-bond acceptors (Lipinski definition) is 4. The second kappa shape index (κ2) is 5.35. The molecular formula is C17H16N4O. The topological polar surface area (TPSA) is 51.0 Å². The lowest BCUT2D eigenvalue weighted by Gasteiger charge is -2.40. The Morgan fingerprint density at radius 2 is 1.82 bits per heavy atom. The third-order valence-corrected chi connectivity index (χ3v) is 4.26. The molecule has 1 fully saturated rings. The number of fused-ring (bicyclic) bond motifs is 1. The van der Waals surface area contributed by atoms with Gasteiger partial charge in [-0.1, -0.05) is 47.7 Å². The van der Waals surface area contributed by atoms with E-state index in [9.17, 15) is 4.79 Å². The van der Waals surface area contributed by atoms with Gasteiger partial charge in [-0.2, -0.15) is 4.68 Å². The first-order valence-electron chi connectivity index (χ1n) is 7.44. The van der Waals surface area contributed by atoms with E-state index in [0.717, 1.165) is 13.0 Å². The summed E-state index contributed by atoms with van der Waals surface area (Å²) in [6, 6.07) is 18.1. The van der Waals surface area contributed by atoms with Crippen LogP contribution in [0.25, 0.3) is 10.9 Å². The van der Waals surface area contributed by atoms with Gasteiger partial charge in [-0.25, -0.2) is 0 Å². The molecule has 1 aromatic heterocycles. The lowest BCUT2D eigenvalue weighted by atomic mass is 9.95. The van der Waals surface area contributed by atoms with E-state index in [-0.39, 0.29) is 5.56 Å². The Hall–Kier alpha value is -2.53. The van der Waals surface area contributed by atoms with Gasteiger partial charge in [0.25, 0.3) is 5.56 Å². The third kappa shape index (κ3) is 2.19. The molecule has 0 spiro atoms. The molecule has 22 heavy (non-hydrogen) atoms. The van der Waals surface area contributed by atoms with E-state index >= 15 is 0 Å². The van der Waals surface area contributed by atoms with E-state index in [1.54, 1.807) is 6.07 Å². The van der Waals surface area contributed by atoms with Crippen molar-refractivity contribution in [1.82, 2.24) is 19.9 Å². The minimum Gasteiger partial charge on any atom is -0.277 e. The number of aromatic nitrogens is 3. The van der Waals surface area contributed by atoms with Gasteiger partial charge >= 0.3 is 0 Å². The fourth-order valence-corrected chi connectivity index (χ4v) is 2.95. The van der Waals surface area contributed by atoms with Crippen molar-refractivity contribution < 1.29 is 0 Å². The standard InChI is InChI=1S/C17H16N4O/c22-17-14-8-4-5-9-15(14)18-19-21(17)12-20-11-10-16(20)13-6-2-1-3-7-13/h1-9,16H,10-12H2/t16-/m1/s1. The van der Waals surface area contributed by atoms with E-state index in [0.29, 0.717) is 23.6 Å². The first-order chi connectivity index (χ1) is 10.8. The molecule has 0 radical (unpaired) electrons. The predicted molar refractivity (Wildman–Crippen MR) is 84.3 cm³/mol. The number of hydrogen-bond donors (Lipinski definition) is 0. The lowest BCUT2D eigenvalue weighted by Crippen LogP contribution is -2.44. The highest BCUT2D eigenvalue weighted by Crippen LogP contribution is 2.32. The van der Waals surface area contributed by atoms with Crippen LogP contribution in [0.4, 0.5) is 0 Å². The SMILES string of the molecule is O=c1c2ccccc2nnn1CN1CC[C@@H]1c1ccccc1. The summed E-state index contributed by atoms with van der Waals surface area (Å²) in [5.41, 5.74) is 1.85. The van der Waals surface area contributed by atoms with Crippen LogP contribution in [0.2, 0.25) is 0 Å². The van der Waals surface area contributed by atoms with Crippen molar-refractivity contribution >= 4 is 10.9 Å². The molecule has 1 aliphatic rings. The van der Waals surface area contributed by atoms with Crippen molar-refractivity contribution in [1.29, 1.82) is 0 Å². The van der Waals surface area contributed by atoms with Crippen molar-refractivity contribution in [3.05, 3.63) is 70.5 Å². The smallest absolute Gasteiger partial charge is 0.277 e. The summed E-state index contributed by atoms with van der Waals surface area (Å²) in [6.45, 7) is 1.46. The van der Waals surface area contributed by atoms with Gasteiger partial charge in [-0.3, -0.25) is 9.69 Å². The van der Waals surface area contributed by atoms with Gasteiger partial charge in [0.15, 0.2) is 0 Å². The molecule has 0 N–H and O–H groups in total. The molecule has 1 saturated heterocycles. The number of likely N-dealkylation sites (tertiary alicyclic amines) is 1. The molecule has 3 aromatic rings. The van der Waals surface area contributed by atoms with Crippen molar-refractivity contribution in [2.75, 3.05) is 6.54 Å². The van der Waals surface area contributed by atoms with Gasteiger partial charge < -0.3 is 0 Å². The van der Waals surface area contributed by atoms with Crippen LogP contribution in [0.3, 0.4) is 0 Å². The van der Waals surface area contributed by atoms with Crippen LogP contribution in [0.15, 0.2) is 59.4 Å². The number of benzene rings is 2. The van der Waals surface area contributed by atoms with Crippen LogP contribution >= 0.6 is 0 Å². The molecule has 2 heterocycles. The van der Waals surface area contributed by atoms with Gasteiger partial charge in [0.05, 0.1) is 12.1 Å². The second-order valence-electron chi connectivity index (χ2n) is 5.58. The molecule has 0 amide bonds. The van der Waals surface area contributed by atoms with Gasteiger partial charge in [0, 0.05) is 12.6 Å². The fraction of sp³-hybridized carbons (Fsp3) is 0.235. The molecule has 4 rings (SSSR count).